The van der Waals surface area contributed by atoms with Crippen molar-refractivity contribution in [3.8, 4) is 11.6 Å². The number of benzene rings is 1. The van der Waals surface area contributed by atoms with Gasteiger partial charge in [0.2, 0.25) is 24.2 Å². The van der Waals surface area contributed by atoms with E-state index in [1.807, 2.05) is 18.2 Å². The first kappa shape index (κ1) is 53.0. The van der Waals surface area contributed by atoms with Crippen molar-refractivity contribution in [2.24, 2.45) is 32.8 Å². The molecule has 2 N–H and O–H groups in total. The standard InChI is InChI=1S/C49H70N4O13/c1-45(2,3)40(55)60-27-31-34(63-42(57)47(7,8)9)35(64-43(58)48(10,11)12)36(65-44(59)49(13,14)15)39(62-31)66-38-33-29(24-25-51-37(33)53(52-38)26-16-17-32(50)54)21-18-28-19-22-30(23-20-28)61-41(56)46(4,5)6/h19-20,22-25,31,34-36,39H,16-18,21,26-27H2,1-15H3,(H2,50,54)/t31-,34-,35+,36-,39+/m1/s1. The zero-order valence-corrected chi connectivity index (χ0v) is 41.3. The first-order valence-corrected chi connectivity index (χ1v) is 22.3. The molecule has 0 spiro atoms. The maximum absolute atomic E-state index is 13.9. The largest absolute Gasteiger partial charge is 0.462 e. The smallest absolute Gasteiger partial charge is 0.316 e. The van der Waals surface area contributed by atoms with E-state index in [9.17, 15) is 28.8 Å². The van der Waals surface area contributed by atoms with Gasteiger partial charge < -0.3 is 38.9 Å². The number of nitrogens with zero attached hydrogens (tertiary/aromatic N) is 3. The van der Waals surface area contributed by atoms with Gasteiger partial charge in [-0.15, -0.1) is 5.10 Å². The third kappa shape index (κ3) is 14.2. The van der Waals surface area contributed by atoms with Gasteiger partial charge in [0.25, 0.3) is 0 Å². The third-order valence-corrected chi connectivity index (χ3v) is 10.3. The molecule has 1 fully saturated rings. The number of aryl methyl sites for hydroxylation is 3. The van der Waals surface area contributed by atoms with Gasteiger partial charge in [-0.3, -0.25) is 28.8 Å². The number of nitrogens with two attached hydrogens (primary N) is 1. The number of hydrogen-bond donors (Lipinski definition) is 1. The summed E-state index contributed by atoms with van der Waals surface area (Å²) >= 11 is 0. The highest BCUT2D eigenvalue weighted by Crippen LogP contribution is 2.37. The monoisotopic (exact) mass is 922 g/mol. The number of fused-ring (bicyclic) bond motifs is 1. The van der Waals surface area contributed by atoms with E-state index in [4.69, 9.17) is 44.0 Å². The summed E-state index contributed by atoms with van der Waals surface area (Å²) in [4.78, 5) is 83.6. The summed E-state index contributed by atoms with van der Waals surface area (Å²) in [6, 6.07) is 9.01. The van der Waals surface area contributed by atoms with E-state index >= 15 is 0 Å². The Labute approximate surface area is 388 Å². The van der Waals surface area contributed by atoms with Gasteiger partial charge in [-0.2, -0.15) is 0 Å². The molecule has 3 heterocycles. The van der Waals surface area contributed by atoms with Crippen LogP contribution in [0.2, 0.25) is 0 Å². The number of hydrogen-bond acceptors (Lipinski definition) is 15. The Morgan fingerprint density at radius 2 is 1.17 bits per heavy atom. The molecule has 5 atom stereocenters. The fourth-order valence-electron chi connectivity index (χ4n) is 6.13. The van der Waals surface area contributed by atoms with Crippen molar-refractivity contribution >= 4 is 46.8 Å². The molecule has 17 heteroatoms. The van der Waals surface area contributed by atoms with Crippen molar-refractivity contribution in [3.63, 3.8) is 0 Å². The van der Waals surface area contributed by atoms with Crippen LogP contribution in [0.1, 0.15) is 128 Å². The number of aromatic nitrogens is 3. The predicted octanol–water partition coefficient (Wildman–Crippen LogP) is 7.00. The summed E-state index contributed by atoms with van der Waals surface area (Å²) in [6.45, 7) is 24.8. The minimum absolute atomic E-state index is 0.00473. The average Bonchev–Trinajstić information content (AvgIpc) is 3.53. The molecule has 0 radical (unpaired) electrons. The number of primary amides is 1. The zero-order chi connectivity index (χ0) is 49.7. The zero-order valence-electron chi connectivity index (χ0n) is 41.3. The molecule has 364 valence electrons. The highest BCUT2D eigenvalue weighted by molar-refractivity contribution is 5.85. The summed E-state index contributed by atoms with van der Waals surface area (Å²) in [6.07, 6.45) is -4.58. The summed E-state index contributed by atoms with van der Waals surface area (Å²) < 4.78 is 44.7. The van der Waals surface area contributed by atoms with Crippen LogP contribution in [0.15, 0.2) is 36.5 Å². The highest BCUT2D eigenvalue weighted by atomic mass is 16.7. The number of amides is 1. The Balaban J connectivity index is 1.89. The molecule has 1 aromatic carbocycles. The summed E-state index contributed by atoms with van der Waals surface area (Å²) in [7, 11) is 0. The van der Waals surface area contributed by atoms with E-state index < -0.39 is 94.2 Å². The molecule has 0 aliphatic carbocycles. The van der Waals surface area contributed by atoms with Crippen LogP contribution in [-0.4, -0.2) is 87.8 Å². The molecule has 4 rings (SSSR count). The van der Waals surface area contributed by atoms with E-state index in [0.717, 1.165) is 11.1 Å². The number of pyridine rings is 1. The van der Waals surface area contributed by atoms with Crippen LogP contribution in [0.3, 0.4) is 0 Å². The summed E-state index contributed by atoms with van der Waals surface area (Å²) in [5.41, 5.74) is 2.74. The van der Waals surface area contributed by atoms with Gasteiger partial charge in [-0.05, 0) is 152 Å². The molecular formula is C49H70N4O13. The Morgan fingerprint density at radius 3 is 1.68 bits per heavy atom. The molecule has 66 heavy (non-hydrogen) atoms. The minimum Gasteiger partial charge on any atom is -0.462 e. The SMILES string of the molecule is CC(C)(C)C(=O)OC[C@H]1O[C@@H](Oc2nn(CCCC(N)=O)c3nccc(CCc4ccc(OC(=O)C(C)(C)C)cc4)c23)[C@H](OC(=O)C(C)(C)C)[C@@H](OC(=O)C(C)(C)C)[C@@H]1OC(=O)C(C)(C)C. The van der Waals surface area contributed by atoms with Crippen LogP contribution in [0.5, 0.6) is 11.6 Å². The molecule has 1 aliphatic rings. The number of ether oxygens (including phenoxy) is 7. The Bertz CT molecular complexity index is 2230. The van der Waals surface area contributed by atoms with E-state index in [1.54, 1.807) is 127 Å². The van der Waals surface area contributed by atoms with E-state index in [0.29, 0.717) is 36.0 Å². The third-order valence-electron chi connectivity index (χ3n) is 10.3. The maximum atomic E-state index is 13.9. The molecule has 3 aromatic rings. The number of rotatable bonds is 15. The van der Waals surface area contributed by atoms with Crippen LogP contribution < -0.4 is 15.2 Å². The van der Waals surface area contributed by atoms with Crippen molar-refractivity contribution in [3.05, 3.63) is 47.7 Å². The molecule has 1 amide bonds. The van der Waals surface area contributed by atoms with Crippen LogP contribution in [0.4, 0.5) is 0 Å². The van der Waals surface area contributed by atoms with Crippen LogP contribution in [0, 0.1) is 27.1 Å². The van der Waals surface area contributed by atoms with Gasteiger partial charge >= 0.3 is 29.8 Å². The van der Waals surface area contributed by atoms with Gasteiger partial charge in [0.1, 0.15) is 18.5 Å². The van der Waals surface area contributed by atoms with Crippen molar-refractivity contribution in [1.82, 2.24) is 14.8 Å². The Hall–Kier alpha value is -5.58. The van der Waals surface area contributed by atoms with Gasteiger partial charge in [0, 0.05) is 19.2 Å². The van der Waals surface area contributed by atoms with Gasteiger partial charge in [-0.25, -0.2) is 9.67 Å². The van der Waals surface area contributed by atoms with Crippen molar-refractivity contribution < 1.29 is 61.9 Å². The van der Waals surface area contributed by atoms with Gasteiger partial charge in [0.05, 0.1) is 32.5 Å². The Kier molecular flexibility index (Phi) is 16.5. The van der Waals surface area contributed by atoms with Crippen LogP contribution >= 0.6 is 0 Å². The molecule has 0 bridgehead atoms. The number of carbonyl (C=O) groups is 6. The second kappa shape index (κ2) is 20.5. The molecule has 17 nitrogen and oxygen atoms in total. The first-order valence-electron chi connectivity index (χ1n) is 22.3. The molecular weight excluding hydrogens is 853 g/mol. The number of carbonyl (C=O) groups excluding carboxylic acids is 6. The maximum Gasteiger partial charge on any atom is 0.316 e. The lowest BCUT2D eigenvalue weighted by Gasteiger charge is -2.45. The second-order valence-electron chi connectivity index (χ2n) is 21.9. The number of esters is 5. The quantitative estimate of drug-likeness (QED) is 0.0920. The first-order chi connectivity index (χ1) is 30.3. The van der Waals surface area contributed by atoms with Crippen molar-refractivity contribution in [2.75, 3.05) is 6.61 Å². The lowest BCUT2D eigenvalue weighted by Crippen LogP contribution is -2.65. The van der Waals surface area contributed by atoms with E-state index in [-0.39, 0.29) is 24.8 Å². The van der Waals surface area contributed by atoms with E-state index in [1.165, 1.54) is 0 Å². The van der Waals surface area contributed by atoms with Crippen LogP contribution in [0.25, 0.3) is 11.0 Å². The van der Waals surface area contributed by atoms with Crippen LogP contribution in [-0.2, 0) is 71.8 Å². The van der Waals surface area contributed by atoms with Crippen molar-refractivity contribution in [2.45, 2.75) is 167 Å². The molecule has 0 saturated carbocycles. The molecule has 2 aromatic heterocycles. The summed E-state index contributed by atoms with van der Waals surface area (Å²) in [5, 5.41) is 5.28. The average molecular weight is 923 g/mol. The lowest BCUT2D eigenvalue weighted by atomic mass is 9.93. The Morgan fingerprint density at radius 1 is 0.652 bits per heavy atom. The fraction of sp³-hybridized carbons (Fsp3) is 0.633. The predicted molar refractivity (Wildman–Crippen MR) is 243 cm³/mol. The minimum atomic E-state index is -1.62. The molecule has 0 unspecified atom stereocenters. The second-order valence-corrected chi connectivity index (χ2v) is 21.9. The van der Waals surface area contributed by atoms with E-state index in [2.05, 4.69) is 4.98 Å². The molecule has 1 aliphatic heterocycles. The van der Waals surface area contributed by atoms with Crippen molar-refractivity contribution in [1.29, 1.82) is 0 Å². The van der Waals surface area contributed by atoms with Gasteiger partial charge in [-0.1, -0.05) is 12.1 Å². The normalized spacial score (nSPS) is 19.4. The fourth-order valence-corrected chi connectivity index (χ4v) is 6.13. The summed E-state index contributed by atoms with van der Waals surface area (Å²) in [5.74, 6) is -3.17. The highest BCUT2D eigenvalue weighted by Gasteiger charge is 2.56. The molecule has 1 saturated heterocycles. The van der Waals surface area contributed by atoms with Gasteiger partial charge in [0.15, 0.2) is 17.9 Å². The topological polar surface area (TPSA) is 224 Å². The lowest BCUT2D eigenvalue weighted by molar-refractivity contribution is -0.294.